The summed E-state index contributed by atoms with van der Waals surface area (Å²) in [5.74, 6) is -0.130. The molecule has 2 heterocycles. The first-order chi connectivity index (χ1) is 14.4. The number of carbonyl (C=O) groups is 2. The van der Waals surface area contributed by atoms with Crippen LogP contribution >= 0.6 is 0 Å². The molecule has 0 saturated heterocycles. The number of allylic oxidation sites excluding steroid dienone is 3. The van der Waals surface area contributed by atoms with E-state index in [4.69, 9.17) is 10.5 Å². The topological polar surface area (TPSA) is 98.7 Å². The Bertz CT molecular complexity index is 1050. The smallest absolute Gasteiger partial charge is 0.255 e. The monoisotopic (exact) mass is 406 g/mol. The Morgan fingerprint density at radius 3 is 2.77 bits per heavy atom. The van der Waals surface area contributed by atoms with Crippen molar-refractivity contribution in [2.75, 3.05) is 0 Å². The molecule has 7 nitrogen and oxygen atoms in total. The Labute approximate surface area is 175 Å². The Kier molecular flexibility index (Phi) is 5.20. The summed E-state index contributed by atoms with van der Waals surface area (Å²) < 4.78 is 7.72. The first-order valence-electron chi connectivity index (χ1n) is 10.1. The lowest BCUT2D eigenvalue weighted by molar-refractivity contribution is -0.117. The number of nitrogens with two attached hydrogens (primary N) is 1. The lowest BCUT2D eigenvalue weighted by Gasteiger charge is -2.57. The van der Waals surface area contributed by atoms with Gasteiger partial charge in [-0.05, 0) is 56.2 Å². The highest BCUT2D eigenvalue weighted by atomic mass is 16.5. The molecule has 2 aliphatic rings. The first kappa shape index (κ1) is 19.9. The van der Waals surface area contributed by atoms with Gasteiger partial charge in [0.1, 0.15) is 5.76 Å². The summed E-state index contributed by atoms with van der Waals surface area (Å²) in [7, 11) is 0. The van der Waals surface area contributed by atoms with E-state index in [1.165, 1.54) is 0 Å². The number of carbonyl (C=O) groups excluding carboxylic acids is 2. The van der Waals surface area contributed by atoms with Crippen LogP contribution in [-0.4, -0.2) is 33.6 Å². The highest BCUT2D eigenvalue weighted by Gasteiger charge is 2.54. The average molecular weight is 406 g/mol. The normalized spacial score (nSPS) is 26.0. The number of ether oxygens (including phenoxy) is 1. The number of nitrogens with one attached hydrogen (secondary N) is 1. The molecule has 0 unspecified atom stereocenters. The molecule has 0 radical (unpaired) electrons. The molecule has 0 bridgehead atoms. The molecule has 2 saturated carbocycles. The zero-order chi connectivity index (χ0) is 21.3. The van der Waals surface area contributed by atoms with Gasteiger partial charge in [-0.25, -0.2) is 4.52 Å². The van der Waals surface area contributed by atoms with Gasteiger partial charge < -0.3 is 15.8 Å². The third kappa shape index (κ3) is 3.63. The van der Waals surface area contributed by atoms with Crippen molar-refractivity contribution in [3.8, 4) is 0 Å². The molecule has 2 aromatic rings. The molecule has 2 aliphatic carbocycles. The molecule has 4 rings (SSSR count). The zero-order valence-electron chi connectivity index (χ0n) is 17.0. The number of fused-ring (bicyclic) bond motifs is 1. The van der Waals surface area contributed by atoms with Crippen LogP contribution in [0.5, 0.6) is 0 Å². The van der Waals surface area contributed by atoms with E-state index < -0.39 is 5.91 Å². The number of pyridine rings is 1. The summed E-state index contributed by atoms with van der Waals surface area (Å²) in [5, 5.41) is 7.35. The van der Waals surface area contributed by atoms with E-state index in [0.717, 1.165) is 31.2 Å². The number of primary amides is 1. The fourth-order valence-electron chi connectivity index (χ4n) is 4.67. The van der Waals surface area contributed by atoms with Gasteiger partial charge in [-0.1, -0.05) is 24.8 Å². The zero-order valence-corrected chi connectivity index (χ0v) is 17.0. The molecule has 156 valence electrons. The highest BCUT2D eigenvalue weighted by molar-refractivity contribution is 6.00. The highest BCUT2D eigenvalue weighted by Crippen LogP contribution is 2.57. The SMILES string of the molecule is C=C/C=C(OC1CC2(CC(NC(=O)c3cnn4ccccc34)C2)C1)\C(=C/C)C(N)=O. The van der Waals surface area contributed by atoms with E-state index in [0.29, 0.717) is 16.9 Å². The average Bonchev–Trinajstić information content (AvgIpc) is 3.09. The van der Waals surface area contributed by atoms with Crippen molar-refractivity contribution < 1.29 is 14.3 Å². The predicted molar refractivity (Wildman–Crippen MR) is 113 cm³/mol. The van der Waals surface area contributed by atoms with Gasteiger partial charge in [-0.2, -0.15) is 5.10 Å². The number of hydrogen-bond acceptors (Lipinski definition) is 4. The Balaban J connectivity index is 1.29. The third-order valence-corrected chi connectivity index (χ3v) is 6.07. The Morgan fingerprint density at radius 1 is 1.33 bits per heavy atom. The third-order valence-electron chi connectivity index (χ3n) is 6.07. The van der Waals surface area contributed by atoms with Crippen molar-refractivity contribution in [1.29, 1.82) is 0 Å². The van der Waals surface area contributed by atoms with Crippen molar-refractivity contribution in [1.82, 2.24) is 14.9 Å². The maximum Gasteiger partial charge on any atom is 0.255 e. The number of amides is 2. The second-order valence-electron chi connectivity index (χ2n) is 8.15. The maximum absolute atomic E-state index is 12.6. The minimum atomic E-state index is -0.515. The summed E-state index contributed by atoms with van der Waals surface area (Å²) in [6.07, 6.45) is 12.1. The largest absolute Gasteiger partial charge is 0.490 e. The van der Waals surface area contributed by atoms with E-state index in [2.05, 4.69) is 17.0 Å². The van der Waals surface area contributed by atoms with E-state index in [-0.39, 0.29) is 23.5 Å². The number of aromatic nitrogens is 2. The van der Waals surface area contributed by atoms with Crippen LogP contribution < -0.4 is 11.1 Å². The lowest BCUT2D eigenvalue weighted by Crippen LogP contribution is -2.58. The molecular formula is C23H26N4O3. The van der Waals surface area contributed by atoms with Gasteiger partial charge in [0.2, 0.25) is 0 Å². The summed E-state index contributed by atoms with van der Waals surface area (Å²) >= 11 is 0. The van der Waals surface area contributed by atoms with Gasteiger partial charge in [-0.3, -0.25) is 9.59 Å². The second-order valence-corrected chi connectivity index (χ2v) is 8.15. The van der Waals surface area contributed by atoms with Crippen LogP contribution in [0.3, 0.4) is 0 Å². The van der Waals surface area contributed by atoms with Crippen LogP contribution in [0.25, 0.3) is 5.52 Å². The van der Waals surface area contributed by atoms with Gasteiger partial charge in [0.05, 0.1) is 29.0 Å². The summed E-state index contributed by atoms with van der Waals surface area (Å²) in [6, 6.07) is 5.83. The van der Waals surface area contributed by atoms with E-state index >= 15 is 0 Å². The van der Waals surface area contributed by atoms with Crippen molar-refractivity contribution in [3.05, 3.63) is 72.3 Å². The fraction of sp³-hybridized carbons (Fsp3) is 0.348. The molecule has 30 heavy (non-hydrogen) atoms. The van der Waals surface area contributed by atoms with Crippen LogP contribution in [0.4, 0.5) is 0 Å². The minimum absolute atomic E-state index is 0.0433. The van der Waals surface area contributed by atoms with Crippen LogP contribution in [0.1, 0.15) is 43.0 Å². The minimum Gasteiger partial charge on any atom is -0.490 e. The van der Waals surface area contributed by atoms with E-state index in [1.807, 2.05) is 24.4 Å². The van der Waals surface area contributed by atoms with Crippen molar-refractivity contribution in [2.45, 2.75) is 44.8 Å². The van der Waals surface area contributed by atoms with Crippen molar-refractivity contribution in [2.24, 2.45) is 11.1 Å². The quantitative estimate of drug-likeness (QED) is 0.420. The van der Waals surface area contributed by atoms with E-state index in [1.54, 1.807) is 35.9 Å². The van der Waals surface area contributed by atoms with Crippen LogP contribution in [0.2, 0.25) is 0 Å². The van der Waals surface area contributed by atoms with Gasteiger partial charge in [0.25, 0.3) is 11.8 Å². The predicted octanol–water partition coefficient (Wildman–Crippen LogP) is 2.89. The molecule has 2 aromatic heterocycles. The second kappa shape index (κ2) is 7.82. The van der Waals surface area contributed by atoms with Crippen molar-refractivity contribution in [3.63, 3.8) is 0 Å². The number of hydrogen-bond donors (Lipinski definition) is 2. The molecule has 0 aromatic carbocycles. The van der Waals surface area contributed by atoms with Gasteiger partial charge in [0, 0.05) is 12.2 Å². The molecule has 2 fully saturated rings. The molecule has 0 atom stereocenters. The Hall–Kier alpha value is -3.35. The van der Waals surface area contributed by atoms with E-state index in [9.17, 15) is 9.59 Å². The van der Waals surface area contributed by atoms with Gasteiger partial charge in [-0.15, -0.1) is 0 Å². The number of rotatable bonds is 7. The van der Waals surface area contributed by atoms with Gasteiger partial charge in [0.15, 0.2) is 0 Å². The molecule has 0 aliphatic heterocycles. The molecule has 2 amide bonds. The summed E-state index contributed by atoms with van der Waals surface area (Å²) in [5.41, 5.74) is 7.41. The molecule has 7 heteroatoms. The molecule has 3 N–H and O–H groups in total. The summed E-state index contributed by atoms with van der Waals surface area (Å²) in [6.45, 7) is 5.43. The summed E-state index contributed by atoms with van der Waals surface area (Å²) in [4.78, 5) is 24.2. The maximum atomic E-state index is 12.6. The van der Waals surface area contributed by atoms with Crippen molar-refractivity contribution >= 4 is 17.3 Å². The van der Waals surface area contributed by atoms with Crippen LogP contribution in [-0.2, 0) is 9.53 Å². The standard InChI is InChI=1S/C23H26N4O3/c1-3-7-20(17(4-2)21(24)28)30-16-12-23(13-16)10-15(11-23)26-22(29)18-14-25-27-9-6-5-8-19(18)27/h3-9,14-16H,1,10-13H2,2H3,(H2,24,28)(H,26,29)/b17-4+,20-7+. The van der Waals surface area contributed by atoms with Gasteiger partial charge >= 0.3 is 0 Å². The number of nitrogens with zero attached hydrogens (tertiary/aromatic N) is 2. The first-order valence-corrected chi connectivity index (χ1v) is 10.1. The Morgan fingerprint density at radius 2 is 2.10 bits per heavy atom. The lowest BCUT2D eigenvalue weighted by atomic mass is 9.53. The molecule has 1 spiro atoms. The van der Waals surface area contributed by atoms with Crippen LogP contribution in [0.15, 0.2) is 66.7 Å². The fourth-order valence-corrected chi connectivity index (χ4v) is 4.67. The van der Waals surface area contributed by atoms with Crippen LogP contribution in [0, 0.1) is 5.41 Å². The molecular weight excluding hydrogens is 380 g/mol.